The lowest BCUT2D eigenvalue weighted by molar-refractivity contribution is 0.0470. The molecule has 16 heteroatoms. The van der Waals surface area contributed by atoms with Crippen LogP contribution in [0.5, 0.6) is 11.5 Å². The van der Waals surface area contributed by atoms with Crippen molar-refractivity contribution in [1.29, 1.82) is 0 Å². The third-order valence-corrected chi connectivity index (χ3v) is 19.3. The van der Waals surface area contributed by atoms with Crippen molar-refractivity contribution in [3.63, 3.8) is 0 Å². The molecule has 2 saturated carbocycles. The molecule has 4 aromatic rings. The summed E-state index contributed by atoms with van der Waals surface area (Å²) in [6.45, 7) is 7.90. The van der Waals surface area contributed by atoms with Gasteiger partial charge in [0, 0.05) is 72.2 Å². The molecule has 4 atom stereocenters. The van der Waals surface area contributed by atoms with E-state index < -0.39 is 29.9 Å². The summed E-state index contributed by atoms with van der Waals surface area (Å²) in [6.07, 6.45) is 3.21. The largest absolute Gasteiger partial charge is 0.492 e. The second-order valence-corrected chi connectivity index (χ2v) is 26.1. The smallest absolute Gasteiger partial charge is 0.277 e. The number of thioether (sulfide) groups is 1. The monoisotopic (exact) mass is 940 g/mol. The highest BCUT2D eigenvalue weighted by Gasteiger charge is 2.61. The van der Waals surface area contributed by atoms with Gasteiger partial charge in [0.25, 0.3) is 15.9 Å². The number of nitrogens with one attached hydrogen (secondary N) is 1. The van der Waals surface area contributed by atoms with Gasteiger partial charge in [-0.15, -0.1) is 11.3 Å². The zero-order valence-electron chi connectivity index (χ0n) is 34.2. The van der Waals surface area contributed by atoms with Gasteiger partial charge in [-0.2, -0.15) is 25.3 Å². The highest BCUT2D eigenvalue weighted by molar-refractivity contribution is 9.10. The number of benzene rings is 3. The Labute approximate surface area is 365 Å². The van der Waals surface area contributed by atoms with Crippen LogP contribution in [0.15, 0.2) is 74.4 Å². The highest BCUT2D eigenvalue weighted by Crippen LogP contribution is 2.61. The van der Waals surface area contributed by atoms with Crippen LogP contribution in [0.1, 0.15) is 59.8 Å². The maximum absolute atomic E-state index is 14.6. The van der Waals surface area contributed by atoms with Gasteiger partial charge >= 0.3 is 0 Å². The fraction of sp³-hybridized carbons (Fsp3) is 0.488. The Balaban J connectivity index is 1.21. The summed E-state index contributed by atoms with van der Waals surface area (Å²) in [7, 11) is -2.24. The number of ether oxygens (including phenoxy) is 2. The molecule has 11 nitrogen and oxygen atoms in total. The molecular weight excluding hydrogens is 889 g/mol. The Kier molecular flexibility index (Phi) is 12.2. The number of hydrogen-bond donors (Lipinski definition) is 2. The first-order valence-electron chi connectivity index (χ1n) is 20.4. The summed E-state index contributed by atoms with van der Waals surface area (Å²) in [6, 6.07) is 17.5. The number of fused-ring (bicyclic) bond motifs is 1. The number of carbonyl (C=O) groups excluding carboxylic acids is 1. The number of aliphatic hydroxyl groups is 1. The molecule has 59 heavy (non-hydrogen) atoms. The Bertz CT molecular complexity index is 2360. The number of hydrazone groups is 1. The third kappa shape index (κ3) is 8.31. The fourth-order valence-corrected chi connectivity index (χ4v) is 13.3. The van der Waals surface area contributed by atoms with Crippen LogP contribution in [0.3, 0.4) is 0 Å². The predicted molar refractivity (Wildman–Crippen MR) is 244 cm³/mol. The zero-order valence-corrected chi connectivity index (χ0v) is 39.2. The van der Waals surface area contributed by atoms with E-state index in [9.17, 15) is 18.3 Å². The average Bonchev–Trinajstić information content (AvgIpc) is 3.80. The molecule has 0 saturated heterocycles. The van der Waals surface area contributed by atoms with E-state index in [0.717, 1.165) is 45.6 Å². The summed E-state index contributed by atoms with van der Waals surface area (Å²) in [5.74, 6) is 2.35. The minimum absolute atomic E-state index is 0.0267. The van der Waals surface area contributed by atoms with E-state index in [-0.39, 0.29) is 28.7 Å². The number of aliphatic hydroxyl groups excluding tert-OH is 1. The van der Waals surface area contributed by atoms with E-state index in [2.05, 4.69) is 51.9 Å². The van der Waals surface area contributed by atoms with Crippen LogP contribution in [-0.2, 0) is 26.4 Å². The van der Waals surface area contributed by atoms with Crippen molar-refractivity contribution < 1.29 is 32.2 Å². The summed E-state index contributed by atoms with van der Waals surface area (Å²) in [5, 5.41) is 18.1. The number of anilines is 1. The van der Waals surface area contributed by atoms with Crippen LogP contribution in [0, 0.1) is 5.92 Å². The number of carbonyl (C=O) groups is 1. The van der Waals surface area contributed by atoms with Crippen molar-refractivity contribution in [1.82, 2.24) is 9.73 Å². The molecule has 1 spiro atoms. The summed E-state index contributed by atoms with van der Waals surface area (Å²) < 4.78 is 49.3. The molecule has 1 amide bonds. The Morgan fingerprint density at radius 1 is 1.14 bits per heavy atom. The van der Waals surface area contributed by atoms with Crippen molar-refractivity contribution >= 4 is 85.4 Å². The summed E-state index contributed by atoms with van der Waals surface area (Å²) >= 11 is 7.00. The predicted octanol–water partition coefficient (Wildman–Crippen LogP) is 8.40. The SMILES string of the molecule is CC[Si](C)(C)OC[C@@H]1C[C@@]23c4c(cc(OCC5CC5)c(Br)c4O[C@@H]2C/C(=N/NS(=O)(=O)c2cccc4c(N(C)C)cccc24)C[C@H]3SCCO)CN1C(=O)c1cccs1. The quantitative estimate of drug-likeness (QED) is 0.0892. The van der Waals surface area contributed by atoms with Crippen LogP contribution in [-0.4, -0.2) is 95.4 Å². The molecule has 2 fully saturated rings. The van der Waals surface area contributed by atoms with Gasteiger partial charge in [-0.05, 0) is 95.5 Å². The van der Waals surface area contributed by atoms with Gasteiger partial charge < -0.3 is 28.8 Å². The molecule has 1 aromatic heterocycles. The van der Waals surface area contributed by atoms with Crippen LogP contribution in [0.25, 0.3) is 10.8 Å². The Morgan fingerprint density at radius 3 is 2.63 bits per heavy atom. The maximum atomic E-state index is 14.6. The standard InChI is InChI=1S/C43H53BrN4O7S3Si/c1-6-59(4,5)54-26-30-23-43-37(55-41-39(43)28(20-34(40(41)44)53-25-27-15-16-27)24-48(30)42(50)35-13-9-18-56-35)21-29(22-38(43)57-19-17-49)45-46-58(51,52)36-14-8-10-31-32(36)11-7-12-33(31)47(2)3/h7-14,18,20,27,30,37-38,46,49H,6,15-17,19,21-26H2,1-5H3/b45-29-/t30-,37+,38+,43+/m0/s1. The Hall–Kier alpha value is -3.12. The average molecular weight is 942 g/mol. The number of sulfonamides is 1. The second kappa shape index (κ2) is 17.0. The van der Waals surface area contributed by atoms with E-state index in [1.807, 2.05) is 65.7 Å². The molecule has 2 aliphatic heterocycles. The number of nitrogens with zero attached hydrogens (tertiary/aromatic N) is 3. The highest BCUT2D eigenvalue weighted by atomic mass is 79.9. The van der Waals surface area contributed by atoms with E-state index in [4.69, 9.17) is 13.9 Å². The molecule has 4 aliphatic rings. The first-order chi connectivity index (χ1) is 28.3. The number of rotatable bonds is 15. The van der Waals surface area contributed by atoms with Gasteiger partial charge in [0.1, 0.15) is 22.1 Å². The number of halogens is 1. The molecular formula is C43H53BrN4O7S3Si. The van der Waals surface area contributed by atoms with Crippen molar-refractivity contribution in [2.75, 3.05) is 44.6 Å². The van der Waals surface area contributed by atoms with Gasteiger partial charge in [-0.3, -0.25) is 4.79 Å². The maximum Gasteiger partial charge on any atom is 0.277 e. The first-order valence-corrected chi connectivity index (χ1v) is 27.7. The lowest BCUT2D eigenvalue weighted by Gasteiger charge is -2.47. The van der Waals surface area contributed by atoms with Gasteiger partial charge in [0.15, 0.2) is 8.32 Å². The number of hydrogen-bond acceptors (Lipinski definition) is 11. The normalized spacial score (nSPS) is 23.4. The second-order valence-electron chi connectivity index (χ2n) is 16.9. The molecule has 316 valence electrons. The minimum Gasteiger partial charge on any atom is -0.492 e. The van der Waals surface area contributed by atoms with Gasteiger partial charge in [-0.25, -0.2) is 4.83 Å². The summed E-state index contributed by atoms with van der Waals surface area (Å²) in [4.78, 5) is 22.0. The molecule has 2 N–H and O–H groups in total. The number of amides is 1. The van der Waals surface area contributed by atoms with Crippen molar-refractivity contribution in [3.8, 4) is 11.5 Å². The third-order valence-electron chi connectivity index (χ3n) is 12.4. The van der Waals surface area contributed by atoms with Crippen molar-refractivity contribution in [2.24, 2.45) is 11.0 Å². The number of thiophene rings is 1. The van der Waals surface area contributed by atoms with Gasteiger partial charge in [0.05, 0.1) is 41.1 Å². The topological polar surface area (TPSA) is 130 Å². The minimum atomic E-state index is -4.08. The Morgan fingerprint density at radius 2 is 1.92 bits per heavy atom. The molecule has 8 rings (SSSR count). The summed E-state index contributed by atoms with van der Waals surface area (Å²) in [5.41, 5.74) is 2.97. The van der Waals surface area contributed by atoms with Crippen LogP contribution >= 0.6 is 39.0 Å². The van der Waals surface area contributed by atoms with Crippen molar-refractivity contribution in [3.05, 3.63) is 80.5 Å². The fourth-order valence-electron chi connectivity index (χ4n) is 8.78. The van der Waals surface area contributed by atoms with Gasteiger partial charge in [-0.1, -0.05) is 37.3 Å². The molecule has 0 radical (unpaired) electrons. The molecule has 3 heterocycles. The van der Waals surface area contributed by atoms with E-state index in [0.29, 0.717) is 78.2 Å². The first kappa shape index (κ1) is 42.6. The molecule has 2 aliphatic carbocycles. The van der Waals surface area contributed by atoms with Crippen LogP contribution in [0.2, 0.25) is 19.1 Å². The lowest BCUT2D eigenvalue weighted by atomic mass is 9.64. The zero-order chi connectivity index (χ0) is 41.7. The van der Waals surface area contributed by atoms with Gasteiger partial charge in [0.2, 0.25) is 0 Å². The van der Waals surface area contributed by atoms with Crippen LogP contribution < -0.4 is 19.2 Å². The van der Waals surface area contributed by atoms with E-state index in [1.54, 1.807) is 23.9 Å². The molecule has 0 bridgehead atoms. The van der Waals surface area contributed by atoms with E-state index in [1.165, 1.54) is 11.3 Å². The lowest BCUT2D eigenvalue weighted by Crippen LogP contribution is -2.56. The van der Waals surface area contributed by atoms with Crippen LogP contribution in [0.4, 0.5) is 5.69 Å². The van der Waals surface area contributed by atoms with Crippen molar-refractivity contribution in [2.45, 2.75) is 92.4 Å². The molecule has 0 unspecified atom stereocenters. The molecule has 3 aromatic carbocycles. The van der Waals surface area contributed by atoms with E-state index >= 15 is 0 Å².